The first kappa shape index (κ1) is 94.3. The number of hydrogen-bond donors (Lipinski definition) is 12. The van der Waals surface area contributed by atoms with Crippen LogP contribution in [0.15, 0.2) is 319 Å². The van der Waals surface area contributed by atoms with E-state index in [0.717, 1.165) is 151 Å². The molecule has 40 heteroatoms. The molecule has 0 fully saturated rings. The van der Waals surface area contributed by atoms with Crippen molar-refractivity contribution in [3.05, 3.63) is 312 Å². The molecule has 140 heavy (non-hydrogen) atoms. The van der Waals surface area contributed by atoms with Crippen LogP contribution in [0.3, 0.4) is 0 Å². The van der Waals surface area contributed by atoms with Crippen molar-refractivity contribution in [3.63, 3.8) is 0 Å². The number of rotatable bonds is 29. The lowest BCUT2D eigenvalue weighted by Crippen LogP contribution is -2.06. The lowest BCUT2D eigenvalue weighted by atomic mass is 10.0. The zero-order valence-electron chi connectivity index (χ0n) is 75.3. The third-order valence-electron chi connectivity index (χ3n) is 20.9. The molecule has 0 saturated carbocycles. The standard InChI is InChI=1S/C38H28N10S2.C36H36N10O2S2.C26H20N10S4/c39-35-43-33(27-19-17-23-9-1-3-11-25(23)21-27)45-37(47-35)41-29-13-5-7-15-31(29)49-50-32-16-8-6-14-30(32)42-38-46-34(44-36(40)48-38)28-20-18-24-10-2-4-12-26(24)22-28;1-19-15-24(18-27(47-5)22(19)4)32-42-34(38)46-36(44-32)40-26-12-8-10-14-29(26)50-49-28-13-9-7-11-25(28)39-35-43-31(41-33(37)45-35)23-16-20(2)30(48-6)21(3)17-23;27-23-31-21(19-11-5-13-37-19)33-25(35-23)29-15-7-1-3-9-17(15)39-40-18-10-4-2-8-16(18)30-26-34-22(32-24(28)36-26)20-12-6-14-38-20/h1-22H,(H3,39,41,43,45,47)(H3,40,42,44,46,48);7-18H,1-6H3,(H3,37,39,41,43,45)(H3,38,40,42,44,46);1-14H,(H3,27,29,31,33,35)(H3,28,30,32,34,36). The zero-order chi connectivity index (χ0) is 96.5. The Hall–Kier alpha value is -16.1. The molecular weight excluding hydrogens is 1910 g/mol. The fourth-order valence-electron chi connectivity index (χ4n) is 14.3. The van der Waals surface area contributed by atoms with Gasteiger partial charge in [-0.3, -0.25) is 0 Å². The van der Waals surface area contributed by atoms with E-state index in [-0.39, 0.29) is 35.7 Å². The van der Waals surface area contributed by atoms with Crippen LogP contribution in [0.25, 0.3) is 88.5 Å². The van der Waals surface area contributed by atoms with Crippen LogP contribution >= 0.6 is 87.4 Å². The fraction of sp³-hybridized carbons (Fsp3) is 0.0600. The van der Waals surface area contributed by atoms with E-state index in [0.29, 0.717) is 70.6 Å². The number of fused-ring (bicyclic) bond motifs is 2. The molecule has 0 aliphatic heterocycles. The van der Waals surface area contributed by atoms with Gasteiger partial charge in [0.2, 0.25) is 71.4 Å². The molecule has 8 aromatic heterocycles. The van der Waals surface area contributed by atoms with Crippen molar-refractivity contribution in [2.45, 2.75) is 57.1 Å². The predicted molar refractivity (Wildman–Crippen MR) is 574 cm³/mol. The van der Waals surface area contributed by atoms with Crippen LogP contribution in [0.2, 0.25) is 0 Å². The molecule has 8 heterocycles. The van der Waals surface area contributed by atoms with E-state index in [2.05, 4.69) is 143 Å². The van der Waals surface area contributed by atoms with Gasteiger partial charge in [-0.05, 0) is 204 Å². The van der Waals surface area contributed by atoms with E-state index >= 15 is 0 Å². The number of aromatic nitrogens is 18. The minimum absolute atomic E-state index is 0.105. The predicted octanol–water partition coefficient (Wildman–Crippen LogP) is 24.2. The molecule has 32 nitrogen and oxygen atoms in total. The molecule has 0 saturated heterocycles. The van der Waals surface area contributed by atoms with Gasteiger partial charge in [-0.25, -0.2) is 0 Å². The maximum absolute atomic E-state index is 6.15. The first-order valence-corrected chi connectivity index (χ1v) is 51.1. The summed E-state index contributed by atoms with van der Waals surface area (Å²) in [5.41, 5.74) is 48.9. The maximum atomic E-state index is 6.15. The van der Waals surface area contributed by atoms with E-state index in [1.165, 1.54) is 0 Å². The van der Waals surface area contributed by atoms with Gasteiger partial charge in [-0.15, -0.1) is 22.7 Å². The summed E-state index contributed by atoms with van der Waals surface area (Å²) in [5.74, 6) is 7.47. The number of hydrogen-bond acceptors (Lipinski definition) is 40. The fourth-order valence-corrected chi connectivity index (χ4v) is 22.5. The molecule has 0 aliphatic carbocycles. The summed E-state index contributed by atoms with van der Waals surface area (Å²) in [6.45, 7) is 8.00. The van der Waals surface area contributed by atoms with Gasteiger partial charge in [0.1, 0.15) is 11.5 Å². The average molecular weight is 1990 g/mol. The van der Waals surface area contributed by atoms with Crippen LogP contribution < -0.4 is 75.8 Å². The van der Waals surface area contributed by atoms with Crippen LogP contribution in [0.5, 0.6) is 11.5 Å². The molecule has 12 aromatic carbocycles. The Morgan fingerprint density at radius 3 is 0.779 bits per heavy atom. The van der Waals surface area contributed by atoms with Crippen LogP contribution in [-0.2, 0) is 0 Å². The van der Waals surface area contributed by atoms with E-state index in [1.54, 1.807) is 102 Å². The molecule has 20 aromatic rings. The van der Waals surface area contributed by atoms with Crippen molar-refractivity contribution < 1.29 is 9.47 Å². The Morgan fingerprint density at radius 1 is 0.236 bits per heavy atom. The third kappa shape index (κ3) is 23.6. The molecular formula is C100H84N30O2S8. The minimum Gasteiger partial charge on any atom is -0.496 e. The normalized spacial score (nSPS) is 11.0. The quantitative estimate of drug-likeness (QED) is 0.0194. The van der Waals surface area contributed by atoms with Gasteiger partial charge in [-0.1, -0.05) is 222 Å². The molecule has 20 rings (SSSR count). The summed E-state index contributed by atoms with van der Waals surface area (Å²) in [5, 5.41) is 28.4. The molecule has 0 radical (unpaired) electrons. The average Bonchev–Trinajstić information content (AvgIpc) is 1.16. The third-order valence-corrected chi connectivity index (χ3v) is 30.1. The molecule has 0 unspecified atom stereocenters. The highest BCUT2D eigenvalue weighted by Gasteiger charge is 2.22. The smallest absolute Gasteiger partial charge is 0.232 e. The van der Waals surface area contributed by atoms with Crippen molar-refractivity contribution in [3.8, 4) is 78.5 Å². The van der Waals surface area contributed by atoms with Crippen molar-refractivity contribution in [2.24, 2.45) is 0 Å². The van der Waals surface area contributed by atoms with Gasteiger partial charge >= 0.3 is 0 Å². The first-order chi connectivity index (χ1) is 68.2. The Kier molecular flexibility index (Phi) is 29.6. The number of methoxy groups -OCH3 is 2. The Bertz CT molecular complexity index is 7570. The summed E-state index contributed by atoms with van der Waals surface area (Å²) in [7, 11) is 12.8. The monoisotopic (exact) mass is 1990 g/mol. The van der Waals surface area contributed by atoms with Crippen LogP contribution in [0.4, 0.5) is 106 Å². The summed E-state index contributed by atoms with van der Waals surface area (Å²) in [4.78, 5) is 87.8. The maximum Gasteiger partial charge on any atom is 0.232 e. The largest absolute Gasteiger partial charge is 0.496 e. The van der Waals surface area contributed by atoms with Gasteiger partial charge in [0, 0.05) is 51.6 Å². The zero-order valence-corrected chi connectivity index (χ0v) is 81.8. The Morgan fingerprint density at radius 2 is 0.493 bits per heavy atom. The van der Waals surface area contributed by atoms with E-state index in [4.69, 9.17) is 58.8 Å². The van der Waals surface area contributed by atoms with Crippen molar-refractivity contribution >= 4 is 214 Å². The summed E-state index contributed by atoms with van der Waals surface area (Å²) in [6, 6.07) is 91.7. The van der Waals surface area contributed by atoms with Gasteiger partial charge in [0.15, 0.2) is 34.9 Å². The highest BCUT2D eigenvalue weighted by Crippen LogP contribution is 2.49. The number of benzene rings is 12. The van der Waals surface area contributed by atoms with Gasteiger partial charge in [-0.2, -0.15) is 89.7 Å². The van der Waals surface area contributed by atoms with E-state index in [1.807, 2.05) is 281 Å². The topological polar surface area (TPSA) is 479 Å². The number of ether oxygens (including phenoxy) is 2. The second kappa shape index (κ2) is 43.9. The van der Waals surface area contributed by atoms with Crippen molar-refractivity contribution in [1.29, 1.82) is 0 Å². The number of aryl methyl sites for hydroxylation is 3. The number of thiophene rings is 2. The van der Waals surface area contributed by atoms with E-state index < -0.39 is 0 Å². The van der Waals surface area contributed by atoms with Crippen LogP contribution in [0, 0.1) is 27.7 Å². The number of para-hydroxylation sites is 6. The Labute approximate surface area is 835 Å². The SMILES string of the molecule is COc1cc(-c2nc(N)nc(Nc3ccccc3SSc3ccccc3Nc3nc(N)nc(-c4cc(C)c(OC)c(C)c4)n3)n2)cc(C)c1C.Nc1nc(Nc2ccccc2SSc2ccccc2Nc2nc(N)nc(-c3ccc4ccccc4c3)n2)nc(-c2ccc3ccccc3c2)n1.Nc1nc(Nc2ccccc2SSc2ccccc2Nc2nc(N)nc(-c3cccs3)n2)nc(-c2cccs2)n1. The summed E-state index contributed by atoms with van der Waals surface area (Å²) < 4.78 is 11.1. The number of nitrogens with zero attached hydrogens (tertiary/aromatic N) is 18. The molecule has 0 spiro atoms. The Balaban J connectivity index is 0.000000140. The highest BCUT2D eigenvalue weighted by atomic mass is 33.1. The first-order valence-electron chi connectivity index (χ1n) is 42.9. The molecule has 0 aliphatic rings. The number of nitrogen functional groups attached to an aromatic ring is 6. The van der Waals surface area contributed by atoms with Crippen LogP contribution in [0.1, 0.15) is 22.3 Å². The molecule has 0 amide bonds. The molecule has 18 N–H and O–H groups in total. The van der Waals surface area contributed by atoms with Gasteiger partial charge in [0.05, 0.1) is 58.1 Å². The second-order valence-electron chi connectivity index (χ2n) is 30.6. The second-order valence-corrected chi connectivity index (χ2v) is 39.1. The van der Waals surface area contributed by atoms with Crippen molar-refractivity contribution in [1.82, 2.24) is 89.7 Å². The minimum atomic E-state index is 0.105. The molecule has 694 valence electrons. The van der Waals surface area contributed by atoms with Gasteiger partial charge in [0.25, 0.3) is 0 Å². The lowest BCUT2D eigenvalue weighted by Gasteiger charge is -2.14. The number of nitrogens with one attached hydrogen (secondary N) is 6. The van der Waals surface area contributed by atoms with Crippen molar-refractivity contribution in [2.75, 3.05) is 80.5 Å². The number of nitrogens with two attached hydrogens (primary N) is 6. The van der Waals surface area contributed by atoms with Gasteiger partial charge < -0.3 is 75.8 Å². The highest BCUT2D eigenvalue weighted by molar-refractivity contribution is 8.77. The lowest BCUT2D eigenvalue weighted by molar-refractivity contribution is 0.408. The summed E-state index contributed by atoms with van der Waals surface area (Å²) >= 11 is 3.09. The van der Waals surface area contributed by atoms with Crippen LogP contribution in [-0.4, -0.2) is 104 Å². The molecule has 0 bridgehead atoms. The molecule has 0 atom stereocenters. The summed E-state index contributed by atoms with van der Waals surface area (Å²) in [6.07, 6.45) is 0. The van der Waals surface area contributed by atoms with E-state index in [9.17, 15) is 0 Å². The number of anilines is 18.